The minimum atomic E-state index is -4.85. The van der Waals surface area contributed by atoms with E-state index in [0.29, 0.717) is 18.2 Å². The summed E-state index contributed by atoms with van der Waals surface area (Å²) in [6, 6.07) is 6.00. The largest absolute Gasteiger partial charge is 0.490 e. The van der Waals surface area contributed by atoms with Crippen LogP contribution in [0.3, 0.4) is 0 Å². The second-order valence-corrected chi connectivity index (χ2v) is 6.70. The lowest BCUT2D eigenvalue weighted by Crippen LogP contribution is -2.49. The lowest BCUT2D eigenvalue weighted by atomic mass is 10.0. The molecule has 0 radical (unpaired) electrons. The number of alkyl halides is 3. The molecule has 0 unspecified atom stereocenters. The molecule has 1 aromatic rings. The van der Waals surface area contributed by atoms with Gasteiger partial charge in [-0.2, -0.15) is 13.2 Å². The number of carboxylic acids is 1. The van der Waals surface area contributed by atoms with Gasteiger partial charge >= 0.3 is 18.1 Å². The van der Waals surface area contributed by atoms with Gasteiger partial charge in [-0.15, -0.1) is 0 Å². The number of carbonyl (C=O) groups is 2. The van der Waals surface area contributed by atoms with Gasteiger partial charge < -0.3 is 15.2 Å². The Morgan fingerprint density at radius 1 is 1.36 bits per heavy atom. The van der Waals surface area contributed by atoms with E-state index in [1.807, 2.05) is 12.1 Å². The number of rotatable bonds is 5. The smallest absolute Gasteiger partial charge is 0.481 e. The zero-order valence-electron chi connectivity index (χ0n) is 15.7. The summed E-state index contributed by atoms with van der Waals surface area (Å²) in [5.74, 6) is -2.97. The van der Waals surface area contributed by atoms with Gasteiger partial charge in [-0.05, 0) is 29.7 Å². The topological polar surface area (TPSA) is 78.9 Å². The van der Waals surface area contributed by atoms with Crippen LogP contribution in [0, 0.1) is 0 Å². The standard InChI is InChI=1S/C15H21ClN2O2.C3H3F3O2/c1-2-14-10-18(6-5-17-14)9-12-7-13(16)4-3-11(12)8-15(19)20;1-8-2(7)3(4,5)6/h3-4,7,14,17H,2,5-6,8-10H2,1H3,(H,19,20);1H3/t14-;/m0./s1. The Bertz CT molecular complexity index is 671. The van der Waals surface area contributed by atoms with Gasteiger partial charge in [0, 0.05) is 37.2 Å². The Morgan fingerprint density at radius 3 is 2.54 bits per heavy atom. The van der Waals surface area contributed by atoms with E-state index in [0.717, 1.165) is 43.7 Å². The third-order valence-electron chi connectivity index (χ3n) is 4.15. The number of benzene rings is 1. The van der Waals surface area contributed by atoms with Crippen LogP contribution in [0.25, 0.3) is 0 Å². The van der Waals surface area contributed by atoms with Crippen LogP contribution >= 0.6 is 11.6 Å². The predicted octanol–water partition coefficient (Wildman–Crippen LogP) is 2.87. The summed E-state index contributed by atoms with van der Waals surface area (Å²) in [5.41, 5.74) is 1.88. The number of halogens is 4. The first-order valence-electron chi connectivity index (χ1n) is 8.66. The SMILES string of the molecule is CC[C@H]1CN(Cc2cc(Cl)ccc2CC(=O)O)CCN1.COC(=O)C(F)(F)F. The number of nitrogens with one attached hydrogen (secondary N) is 1. The van der Waals surface area contributed by atoms with E-state index in [9.17, 15) is 22.8 Å². The van der Waals surface area contributed by atoms with Crippen LogP contribution in [-0.4, -0.2) is 60.9 Å². The molecule has 1 aliphatic heterocycles. The lowest BCUT2D eigenvalue weighted by Gasteiger charge is -2.33. The molecule has 0 spiro atoms. The highest BCUT2D eigenvalue weighted by atomic mass is 35.5. The van der Waals surface area contributed by atoms with E-state index in [2.05, 4.69) is 21.9 Å². The second-order valence-electron chi connectivity index (χ2n) is 6.27. The van der Waals surface area contributed by atoms with E-state index in [4.69, 9.17) is 16.7 Å². The summed E-state index contributed by atoms with van der Waals surface area (Å²) in [7, 11) is 0.676. The number of hydrogen-bond donors (Lipinski definition) is 2. The van der Waals surface area contributed by atoms with Crippen molar-refractivity contribution in [3.8, 4) is 0 Å². The minimum Gasteiger partial charge on any atom is -0.481 e. The average Bonchev–Trinajstić information content (AvgIpc) is 2.63. The Labute approximate surface area is 166 Å². The van der Waals surface area contributed by atoms with E-state index in [-0.39, 0.29) is 6.42 Å². The first-order valence-corrected chi connectivity index (χ1v) is 9.04. The van der Waals surface area contributed by atoms with Gasteiger partial charge in [-0.3, -0.25) is 9.69 Å². The Balaban J connectivity index is 0.000000416. The van der Waals surface area contributed by atoms with Gasteiger partial charge in [0.2, 0.25) is 0 Å². The Hall–Kier alpha value is -1.84. The number of methoxy groups -OCH3 is 1. The third-order valence-corrected chi connectivity index (χ3v) is 4.39. The summed E-state index contributed by atoms with van der Waals surface area (Å²) in [6.45, 7) is 5.90. The molecule has 1 saturated heterocycles. The maximum absolute atomic E-state index is 11.0. The van der Waals surface area contributed by atoms with Gasteiger partial charge in [0.15, 0.2) is 0 Å². The molecular formula is C18H24ClF3N2O4. The molecule has 1 fully saturated rings. The van der Waals surface area contributed by atoms with E-state index in [1.165, 1.54) is 0 Å². The molecule has 1 heterocycles. The van der Waals surface area contributed by atoms with Crippen molar-refractivity contribution in [3.63, 3.8) is 0 Å². The zero-order valence-corrected chi connectivity index (χ0v) is 16.4. The van der Waals surface area contributed by atoms with Crippen molar-refractivity contribution in [2.45, 2.75) is 38.5 Å². The van der Waals surface area contributed by atoms with Crippen molar-refractivity contribution in [2.75, 3.05) is 26.7 Å². The van der Waals surface area contributed by atoms with Gasteiger partial charge in [0.05, 0.1) is 13.5 Å². The molecule has 0 aromatic heterocycles. The maximum atomic E-state index is 11.0. The summed E-state index contributed by atoms with van der Waals surface area (Å²) in [5, 5.41) is 13.1. The van der Waals surface area contributed by atoms with Gasteiger partial charge in [0.25, 0.3) is 0 Å². The van der Waals surface area contributed by atoms with E-state index < -0.39 is 18.1 Å². The number of hydrogen-bond acceptors (Lipinski definition) is 5. The van der Waals surface area contributed by atoms with Gasteiger partial charge in [0.1, 0.15) is 0 Å². The van der Waals surface area contributed by atoms with E-state index >= 15 is 0 Å². The summed E-state index contributed by atoms with van der Waals surface area (Å²) in [6.07, 6.45) is -3.70. The average molecular weight is 425 g/mol. The van der Waals surface area contributed by atoms with Crippen molar-refractivity contribution in [3.05, 3.63) is 34.3 Å². The molecule has 2 N–H and O–H groups in total. The molecule has 28 heavy (non-hydrogen) atoms. The molecule has 2 rings (SSSR count). The fraction of sp³-hybridized carbons (Fsp3) is 0.556. The highest BCUT2D eigenvalue weighted by Crippen LogP contribution is 2.19. The van der Waals surface area contributed by atoms with Crippen LogP contribution in [0.15, 0.2) is 18.2 Å². The lowest BCUT2D eigenvalue weighted by molar-refractivity contribution is -0.196. The maximum Gasteiger partial charge on any atom is 0.490 e. The molecule has 1 atom stereocenters. The number of ether oxygens (including phenoxy) is 1. The second kappa shape index (κ2) is 11.2. The third kappa shape index (κ3) is 8.45. The molecule has 1 aliphatic rings. The van der Waals surface area contributed by atoms with Gasteiger partial charge in [-0.25, -0.2) is 4.79 Å². The minimum absolute atomic E-state index is 0.0514. The molecule has 6 nitrogen and oxygen atoms in total. The fourth-order valence-corrected chi connectivity index (χ4v) is 2.94. The van der Waals surface area contributed by atoms with E-state index in [1.54, 1.807) is 6.07 Å². The first kappa shape index (κ1) is 24.2. The van der Waals surface area contributed by atoms with Crippen LogP contribution in [0.2, 0.25) is 5.02 Å². The highest BCUT2D eigenvalue weighted by molar-refractivity contribution is 6.30. The molecule has 158 valence electrons. The number of carboxylic acid groups (broad SMARTS) is 1. The van der Waals surface area contributed by atoms with Crippen LogP contribution in [-0.2, 0) is 27.3 Å². The molecule has 10 heteroatoms. The number of aliphatic carboxylic acids is 1. The molecule has 0 bridgehead atoms. The Kier molecular flexibility index (Phi) is 9.71. The van der Waals surface area contributed by atoms with Crippen LogP contribution in [0.1, 0.15) is 24.5 Å². The molecule has 0 amide bonds. The Morgan fingerprint density at radius 2 is 2.04 bits per heavy atom. The number of carbonyl (C=O) groups excluding carboxylic acids is 1. The van der Waals surface area contributed by atoms with Crippen LogP contribution < -0.4 is 5.32 Å². The zero-order chi connectivity index (χ0) is 21.3. The van der Waals surface area contributed by atoms with Crippen molar-refractivity contribution in [1.29, 1.82) is 0 Å². The number of esters is 1. The fourth-order valence-electron chi connectivity index (χ4n) is 2.75. The molecule has 0 aliphatic carbocycles. The van der Waals surface area contributed by atoms with Crippen molar-refractivity contribution in [2.24, 2.45) is 0 Å². The molecule has 1 aromatic carbocycles. The number of nitrogens with zero attached hydrogens (tertiary/aromatic N) is 1. The molecule has 0 saturated carbocycles. The van der Waals surface area contributed by atoms with Crippen molar-refractivity contribution >= 4 is 23.5 Å². The number of piperazine rings is 1. The molecular weight excluding hydrogens is 401 g/mol. The highest BCUT2D eigenvalue weighted by Gasteiger charge is 2.40. The first-order chi connectivity index (χ1) is 13.1. The van der Waals surface area contributed by atoms with Crippen molar-refractivity contribution < 1.29 is 32.6 Å². The summed E-state index contributed by atoms with van der Waals surface area (Å²) < 4.78 is 36.3. The van der Waals surface area contributed by atoms with Gasteiger partial charge in [-0.1, -0.05) is 24.6 Å². The van der Waals surface area contributed by atoms with Crippen LogP contribution in [0.5, 0.6) is 0 Å². The summed E-state index contributed by atoms with van der Waals surface area (Å²) >= 11 is 6.05. The summed E-state index contributed by atoms with van der Waals surface area (Å²) in [4.78, 5) is 22.8. The predicted molar refractivity (Wildman–Crippen MR) is 98.2 cm³/mol. The quantitative estimate of drug-likeness (QED) is 0.708. The monoisotopic (exact) mass is 424 g/mol. The normalized spacial score (nSPS) is 17.4. The van der Waals surface area contributed by atoms with Crippen molar-refractivity contribution in [1.82, 2.24) is 10.2 Å². The van der Waals surface area contributed by atoms with Crippen LogP contribution in [0.4, 0.5) is 13.2 Å².